The van der Waals surface area contributed by atoms with Crippen LogP contribution in [-0.4, -0.2) is 30.9 Å². The number of methoxy groups -OCH3 is 3. The number of aryl methyl sites for hydroxylation is 1. The number of ether oxygens (including phenoxy) is 3. The molecule has 1 heterocycles. The van der Waals surface area contributed by atoms with Crippen molar-refractivity contribution in [2.24, 2.45) is 0 Å². The molecule has 0 amide bonds. The Labute approximate surface area is 222 Å². The molecule has 0 fully saturated rings. The Hall–Kier alpha value is -4.10. The maximum atomic E-state index is 13.9. The van der Waals surface area contributed by atoms with Crippen molar-refractivity contribution < 1.29 is 14.2 Å². The van der Waals surface area contributed by atoms with Crippen LogP contribution in [0.5, 0.6) is 17.2 Å². The van der Waals surface area contributed by atoms with Gasteiger partial charge in [-0.15, -0.1) is 0 Å². The summed E-state index contributed by atoms with van der Waals surface area (Å²) in [5.41, 5.74) is 2.99. The summed E-state index contributed by atoms with van der Waals surface area (Å²) in [6.07, 6.45) is 3.68. The van der Waals surface area contributed by atoms with Crippen LogP contribution in [0.1, 0.15) is 17.0 Å². The van der Waals surface area contributed by atoms with Crippen molar-refractivity contribution in [3.63, 3.8) is 0 Å². The highest BCUT2D eigenvalue weighted by atomic mass is 79.9. The molecule has 0 radical (unpaired) electrons. The van der Waals surface area contributed by atoms with Crippen molar-refractivity contribution in [2.45, 2.75) is 6.92 Å². The molecule has 0 spiro atoms. The molecule has 1 aromatic heterocycles. The lowest BCUT2D eigenvalue weighted by molar-refractivity contribution is 0.348. The molecular formula is C30H25BrN2O4. The molecule has 7 heteroatoms. The van der Waals surface area contributed by atoms with Crippen LogP contribution in [-0.2, 0) is 0 Å². The molecule has 5 rings (SSSR count). The Morgan fingerprint density at radius 3 is 2.16 bits per heavy atom. The van der Waals surface area contributed by atoms with Gasteiger partial charge in [0.2, 0.25) is 0 Å². The monoisotopic (exact) mass is 556 g/mol. The quantitative estimate of drug-likeness (QED) is 0.215. The van der Waals surface area contributed by atoms with Gasteiger partial charge in [-0.3, -0.25) is 9.36 Å². The number of fused-ring (bicyclic) bond motifs is 2. The van der Waals surface area contributed by atoms with E-state index < -0.39 is 0 Å². The van der Waals surface area contributed by atoms with Gasteiger partial charge in [0.05, 0.1) is 37.9 Å². The average Bonchev–Trinajstić information content (AvgIpc) is 2.92. The first kappa shape index (κ1) is 24.6. The van der Waals surface area contributed by atoms with E-state index in [2.05, 4.69) is 15.9 Å². The van der Waals surface area contributed by atoms with E-state index in [9.17, 15) is 4.79 Å². The lowest BCUT2D eigenvalue weighted by atomic mass is 10.1. The summed E-state index contributed by atoms with van der Waals surface area (Å²) in [5, 5.41) is 2.57. The molecule has 5 aromatic rings. The minimum Gasteiger partial charge on any atom is -0.496 e. The summed E-state index contributed by atoms with van der Waals surface area (Å²) in [4.78, 5) is 18.9. The Morgan fingerprint density at radius 1 is 0.811 bits per heavy atom. The SMILES string of the molecule is COc1cc(OC)c(OC)cc1C=Cc1nc2cc3ccccc3cc2c(=O)n1-c1ccc(Br)c(C)c1. The van der Waals surface area contributed by atoms with Crippen LogP contribution < -0.4 is 19.8 Å². The highest BCUT2D eigenvalue weighted by Gasteiger charge is 2.15. The molecule has 186 valence electrons. The van der Waals surface area contributed by atoms with E-state index in [0.717, 1.165) is 32.1 Å². The number of benzene rings is 4. The van der Waals surface area contributed by atoms with Crippen molar-refractivity contribution in [3.05, 3.63) is 98.5 Å². The molecule has 0 bridgehead atoms. The lowest BCUT2D eigenvalue weighted by Crippen LogP contribution is -2.22. The van der Waals surface area contributed by atoms with Crippen molar-refractivity contribution in [1.29, 1.82) is 0 Å². The fourth-order valence-corrected chi connectivity index (χ4v) is 4.61. The Bertz CT molecular complexity index is 1740. The predicted molar refractivity (Wildman–Crippen MR) is 152 cm³/mol. The summed E-state index contributed by atoms with van der Waals surface area (Å²) < 4.78 is 19.1. The largest absolute Gasteiger partial charge is 0.496 e. The van der Waals surface area contributed by atoms with E-state index in [4.69, 9.17) is 19.2 Å². The standard InChI is InChI=1S/C30H25BrN2O4/c1-18-13-22(10-11-24(18)31)33-29(12-9-21-16-27(36-3)28(37-4)17-26(21)35-2)32-25-15-20-8-6-5-7-19(20)14-23(25)30(33)34/h5-17H,1-4H3. The second kappa shape index (κ2) is 10.1. The summed E-state index contributed by atoms with van der Waals surface area (Å²) >= 11 is 3.56. The van der Waals surface area contributed by atoms with Crippen LogP contribution in [0, 0.1) is 6.92 Å². The van der Waals surface area contributed by atoms with Crippen LogP contribution in [0.3, 0.4) is 0 Å². The number of halogens is 1. The molecule has 0 saturated carbocycles. The fourth-order valence-electron chi connectivity index (χ4n) is 4.37. The summed E-state index contributed by atoms with van der Waals surface area (Å²) in [6.45, 7) is 1.99. The maximum absolute atomic E-state index is 13.9. The van der Waals surface area contributed by atoms with Crippen LogP contribution >= 0.6 is 15.9 Å². The molecule has 4 aromatic carbocycles. The molecule has 0 unspecified atom stereocenters. The average molecular weight is 557 g/mol. The van der Waals surface area contributed by atoms with Crippen LogP contribution in [0.2, 0.25) is 0 Å². The number of hydrogen-bond donors (Lipinski definition) is 0. The topological polar surface area (TPSA) is 62.6 Å². The van der Waals surface area contributed by atoms with E-state index in [1.807, 2.05) is 79.7 Å². The molecule has 0 atom stereocenters. The maximum Gasteiger partial charge on any atom is 0.266 e. The van der Waals surface area contributed by atoms with E-state index >= 15 is 0 Å². The predicted octanol–water partition coefficient (Wildman–Crippen LogP) is 6.81. The third kappa shape index (κ3) is 4.58. The van der Waals surface area contributed by atoms with Gasteiger partial charge in [-0.25, -0.2) is 4.98 Å². The van der Waals surface area contributed by atoms with E-state index in [0.29, 0.717) is 34.0 Å². The molecule has 0 N–H and O–H groups in total. The number of nitrogens with zero attached hydrogens (tertiary/aromatic N) is 2. The molecule has 0 aliphatic rings. The lowest BCUT2D eigenvalue weighted by Gasteiger charge is -2.14. The summed E-state index contributed by atoms with van der Waals surface area (Å²) in [6, 6.07) is 21.2. The van der Waals surface area contributed by atoms with Crippen LogP contribution in [0.15, 0.2) is 76.0 Å². The normalized spacial score (nSPS) is 11.4. The molecular weight excluding hydrogens is 532 g/mol. The van der Waals surface area contributed by atoms with Gasteiger partial charge >= 0.3 is 0 Å². The minimum absolute atomic E-state index is 0.142. The first-order valence-corrected chi connectivity index (χ1v) is 12.4. The zero-order valence-electron chi connectivity index (χ0n) is 20.9. The number of hydrogen-bond acceptors (Lipinski definition) is 5. The number of rotatable bonds is 6. The van der Waals surface area contributed by atoms with Crippen LogP contribution in [0.25, 0.3) is 39.5 Å². The molecule has 0 aliphatic carbocycles. The van der Waals surface area contributed by atoms with Gasteiger partial charge in [-0.2, -0.15) is 0 Å². The second-order valence-electron chi connectivity index (χ2n) is 8.54. The molecule has 0 aliphatic heterocycles. The zero-order chi connectivity index (χ0) is 26.1. The van der Waals surface area contributed by atoms with Gasteiger partial charge in [-0.05, 0) is 71.8 Å². The third-order valence-corrected chi connectivity index (χ3v) is 7.20. The second-order valence-corrected chi connectivity index (χ2v) is 9.40. The van der Waals surface area contributed by atoms with Gasteiger partial charge in [0.1, 0.15) is 11.6 Å². The van der Waals surface area contributed by atoms with Gasteiger partial charge in [0, 0.05) is 16.1 Å². The van der Waals surface area contributed by atoms with E-state index in [1.54, 1.807) is 32.0 Å². The third-order valence-electron chi connectivity index (χ3n) is 6.31. The highest BCUT2D eigenvalue weighted by molar-refractivity contribution is 9.10. The van der Waals surface area contributed by atoms with Crippen molar-refractivity contribution in [2.75, 3.05) is 21.3 Å². The number of aromatic nitrogens is 2. The summed E-state index contributed by atoms with van der Waals surface area (Å²) in [5.74, 6) is 2.23. The fraction of sp³-hybridized carbons (Fsp3) is 0.133. The molecule has 0 saturated heterocycles. The smallest absolute Gasteiger partial charge is 0.266 e. The van der Waals surface area contributed by atoms with Gasteiger partial charge < -0.3 is 14.2 Å². The van der Waals surface area contributed by atoms with Crippen molar-refractivity contribution in [3.8, 4) is 22.9 Å². The molecule has 37 heavy (non-hydrogen) atoms. The first-order chi connectivity index (χ1) is 17.9. The molecule has 6 nitrogen and oxygen atoms in total. The van der Waals surface area contributed by atoms with Gasteiger partial charge in [0.25, 0.3) is 5.56 Å². The highest BCUT2D eigenvalue weighted by Crippen LogP contribution is 2.35. The Balaban J connectivity index is 1.77. The Kier molecular flexibility index (Phi) is 6.72. The first-order valence-electron chi connectivity index (χ1n) is 11.6. The van der Waals surface area contributed by atoms with Crippen LogP contribution in [0.4, 0.5) is 0 Å². The Morgan fingerprint density at radius 2 is 1.49 bits per heavy atom. The van der Waals surface area contributed by atoms with Crippen molar-refractivity contribution >= 4 is 49.8 Å². The van der Waals surface area contributed by atoms with Crippen molar-refractivity contribution in [1.82, 2.24) is 9.55 Å². The van der Waals surface area contributed by atoms with E-state index in [1.165, 1.54) is 0 Å². The zero-order valence-corrected chi connectivity index (χ0v) is 22.5. The minimum atomic E-state index is -0.142. The van der Waals surface area contributed by atoms with Gasteiger partial charge in [-0.1, -0.05) is 40.2 Å². The van der Waals surface area contributed by atoms with E-state index in [-0.39, 0.29) is 5.56 Å². The van der Waals surface area contributed by atoms with Gasteiger partial charge in [0.15, 0.2) is 11.5 Å². The summed E-state index contributed by atoms with van der Waals surface area (Å²) in [7, 11) is 4.76.